The maximum Gasteiger partial charge on any atom is 0.122 e. The second kappa shape index (κ2) is 7.82. The van der Waals surface area contributed by atoms with Gasteiger partial charge in [-0.05, 0) is 55.1 Å². The van der Waals surface area contributed by atoms with Crippen LogP contribution in [0, 0.1) is 5.41 Å². The topological polar surface area (TPSA) is 56.6 Å². The number of aromatic nitrogens is 1. The van der Waals surface area contributed by atoms with E-state index in [9.17, 15) is 10.2 Å². The fourth-order valence-electron chi connectivity index (χ4n) is 4.66. The third kappa shape index (κ3) is 4.11. The molecule has 1 fully saturated rings. The minimum absolute atomic E-state index is 0.299. The summed E-state index contributed by atoms with van der Waals surface area (Å²) in [6.45, 7) is 12.0. The van der Waals surface area contributed by atoms with Crippen LogP contribution < -0.4 is 0 Å². The molecule has 4 heteroatoms. The third-order valence-corrected chi connectivity index (χ3v) is 6.66. The van der Waals surface area contributed by atoms with Crippen LogP contribution in [0.2, 0.25) is 0 Å². The van der Waals surface area contributed by atoms with Gasteiger partial charge in [-0.3, -0.25) is 4.98 Å². The zero-order valence-electron chi connectivity index (χ0n) is 18.7. The van der Waals surface area contributed by atoms with Crippen molar-refractivity contribution < 1.29 is 10.2 Å². The Morgan fingerprint density at radius 3 is 2.24 bits per heavy atom. The molecule has 0 bridgehead atoms. The molecule has 0 radical (unpaired) electrons. The number of benzene rings is 1. The van der Waals surface area contributed by atoms with Gasteiger partial charge in [-0.2, -0.15) is 0 Å². The van der Waals surface area contributed by atoms with E-state index in [1.165, 1.54) is 5.56 Å². The van der Waals surface area contributed by atoms with E-state index in [1.54, 1.807) is 6.20 Å². The molecule has 1 aromatic carbocycles. The lowest BCUT2D eigenvalue weighted by Crippen LogP contribution is -2.63. The fraction of sp³-hybridized carbons (Fsp3) is 0.560. The van der Waals surface area contributed by atoms with E-state index in [4.69, 9.17) is 0 Å². The highest BCUT2D eigenvalue weighted by Crippen LogP contribution is 2.50. The summed E-state index contributed by atoms with van der Waals surface area (Å²) >= 11 is 0. The van der Waals surface area contributed by atoms with E-state index in [0.29, 0.717) is 18.8 Å². The predicted octanol–water partition coefficient (Wildman–Crippen LogP) is 4.10. The van der Waals surface area contributed by atoms with E-state index in [2.05, 4.69) is 62.0 Å². The van der Waals surface area contributed by atoms with Crippen LogP contribution in [0.3, 0.4) is 0 Å². The van der Waals surface area contributed by atoms with Crippen molar-refractivity contribution in [2.24, 2.45) is 5.41 Å². The van der Waals surface area contributed by atoms with Gasteiger partial charge < -0.3 is 15.1 Å². The van der Waals surface area contributed by atoms with Crippen LogP contribution in [-0.4, -0.2) is 45.8 Å². The number of hydrogen-bond donors (Lipinski definition) is 2. The van der Waals surface area contributed by atoms with Gasteiger partial charge in [0, 0.05) is 36.8 Å². The maximum atomic E-state index is 12.2. The van der Waals surface area contributed by atoms with Gasteiger partial charge in [0.15, 0.2) is 0 Å². The maximum absolute atomic E-state index is 12.2. The Hall–Kier alpha value is -1.75. The highest BCUT2D eigenvalue weighted by atomic mass is 16.3. The first-order valence-corrected chi connectivity index (χ1v) is 10.7. The number of hydrogen-bond acceptors (Lipinski definition) is 4. The van der Waals surface area contributed by atoms with Crippen LogP contribution in [-0.2, 0) is 12.0 Å². The average molecular weight is 397 g/mol. The Bertz CT molecular complexity index is 838. The number of nitrogens with zero attached hydrogens (tertiary/aromatic N) is 2. The molecule has 0 saturated carbocycles. The van der Waals surface area contributed by atoms with Crippen LogP contribution in [0.1, 0.15) is 69.3 Å². The summed E-state index contributed by atoms with van der Waals surface area (Å²) < 4.78 is 0. The Kier molecular flexibility index (Phi) is 5.92. The van der Waals surface area contributed by atoms with Gasteiger partial charge in [0.25, 0.3) is 0 Å². The molecule has 29 heavy (non-hydrogen) atoms. The molecule has 1 unspecified atom stereocenters. The minimum atomic E-state index is -1.12. The first-order valence-electron chi connectivity index (χ1n) is 10.7. The number of aliphatic hydroxyl groups is 2. The Morgan fingerprint density at radius 2 is 1.72 bits per heavy atom. The smallest absolute Gasteiger partial charge is 0.122 e. The summed E-state index contributed by atoms with van der Waals surface area (Å²) in [7, 11) is 2.08. The molecule has 1 saturated heterocycles. The van der Waals surface area contributed by atoms with Crippen molar-refractivity contribution in [3.05, 3.63) is 65.0 Å². The molecular formula is C25H36N2O2. The highest BCUT2D eigenvalue weighted by Gasteiger charge is 2.55. The lowest BCUT2D eigenvalue weighted by atomic mass is 9.62. The minimum Gasteiger partial charge on any atom is -0.390 e. The van der Waals surface area contributed by atoms with Gasteiger partial charge >= 0.3 is 0 Å². The van der Waals surface area contributed by atoms with E-state index >= 15 is 0 Å². The molecule has 1 aliphatic rings. The number of rotatable bonds is 7. The monoisotopic (exact) mass is 396 g/mol. The fourth-order valence-corrected chi connectivity index (χ4v) is 4.66. The molecule has 1 aromatic heterocycles. The summed E-state index contributed by atoms with van der Waals surface area (Å²) in [5.74, 6) is 0.450. The van der Waals surface area contributed by atoms with Gasteiger partial charge in [-0.25, -0.2) is 0 Å². The van der Waals surface area contributed by atoms with Crippen LogP contribution in [0.25, 0.3) is 0 Å². The van der Waals surface area contributed by atoms with E-state index < -0.39 is 11.2 Å². The van der Waals surface area contributed by atoms with Gasteiger partial charge in [0.2, 0.25) is 0 Å². The van der Waals surface area contributed by atoms with Gasteiger partial charge in [0.1, 0.15) is 5.60 Å². The van der Waals surface area contributed by atoms with Gasteiger partial charge in [0.05, 0.1) is 5.60 Å². The van der Waals surface area contributed by atoms with Crippen LogP contribution >= 0.6 is 0 Å². The first-order chi connectivity index (χ1) is 13.5. The van der Waals surface area contributed by atoms with Crippen molar-refractivity contribution in [3.8, 4) is 0 Å². The van der Waals surface area contributed by atoms with E-state index in [1.807, 2.05) is 26.0 Å². The molecular weight excluding hydrogens is 360 g/mol. The molecule has 158 valence electrons. The zero-order valence-corrected chi connectivity index (χ0v) is 18.7. The molecule has 1 aliphatic heterocycles. The quantitative estimate of drug-likeness (QED) is 0.740. The van der Waals surface area contributed by atoms with Crippen molar-refractivity contribution in [1.82, 2.24) is 9.88 Å². The predicted molar refractivity (Wildman–Crippen MR) is 118 cm³/mol. The second-order valence-corrected chi connectivity index (χ2v) is 9.78. The SMILES string of the molecule is CCC(C)(O)Cc1cc([C@@](O)(c2ccc(C(C)C)cc2)C2(C)CN(C)C2)ccn1. The molecule has 2 aromatic rings. The largest absolute Gasteiger partial charge is 0.390 e. The van der Waals surface area contributed by atoms with Crippen molar-refractivity contribution in [2.75, 3.05) is 20.1 Å². The normalized spacial score (nSPS) is 20.7. The standard InChI is InChI=1S/C25H36N2O2/c1-7-24(5,28)15-22-14-21(12-13-26-22)25(29,23(4)16-27(6)17-23)20-10-8-19(9-11-20)18(2)3/h8-14,18,28-29H,7,15-17H2,1-6H3/t24?,25-/m0/s1. The third-order valence-electron chi connectivity index (χ3n) is 6.66. The summed E-state index contributed by atoms with van der Waals surface area (Å²) in [4.78, 5) is 6.71. The van der Waals surface area contributed by atoms with Gasteiger partial charge in [-0.15, -0.1) is 0 Å². The number of pyridine rings is 1. The highest BCUT2D eigenvalue weighted by molar-refractivity contribution is 5.42. The van der Waals surface area contributed by atoms with Crippen molar-refractivity contribution in [3.63, 3.8) is 0 Å². The molecule has 0 amide bonds. The molecule has 2 atom stereocenters. The van der Waals surface area contributed by atoms with Gasteiger partial charge in [-0.1, -0.05) is 52.0 Å². The second-order valence-electron chi connectivity index (χ2n) is 9.78. The van der Waals surface area contributed by atoms with Crippen molar-refractivity contribution in [1.29, 1.82) is 0 Å². The Morgan fingerprint density at radius 1 is 1.10 bits per heavy atom. The lowest BCUT2D eigenvalue weighted by molar-refractivity contribution is -0.127. The summed E-state index contributed by atoms with van der Waals surface area (Å²) in [5.41, 5.74) is 1.62. The van der Waals surface area contributed by atoms with Crippen LogP contribution in [0.4, 0.5) is 0 Å². The summed E-state index contributed by atoms with van der Waals surface area (Å²) in [5, 5.41) is 22.8. The molecule has 2 N–H and O–H groups in total. The van der Waals surface area contributed by atoms with E-state index in [-0.39, 0.29) is 5.41 Å². The van der Waals surface area contributed by atoms with Crippen molar-refractivity contribution in [2.45, 2.75) is 64.6 Å². The van der Waals surface area contributed by atoms with Crippen LogP contribution in [0.15, 0.2) is 42.6 Å². The summed E-state index contributed by atoms with van der Waals surface area (Å²) in [6, 6.07) is 12.3. The molecule has 2 heterocycles. The Labute approximate surface area is 175 Å². The average Bonchev–Trinajstić information content (AvgIpc) is 2.66. The van der Waals surface area contributed by atoms with Crippen molar-refractivity contribution >= 4 is 0 Å². The molecule has 0 aliphatic carbocycles. The summed E-state index contributed by atoms with van der Waals surface area (Å²) in [6.07, 6.45) is 2.88. The number of likely N-dealkylation sites (tertiary alicyclic amines) is 1. The van der Waals surface area contributed by atoms with Crippen LogP contribution in [0.5, 0.6) is 0 Å². The Balaban J connectivity index is 2.07. The molecule has 4 nitrogen and oxygen atoms in total. The molecule has 3 rings (SSSR count). The first kappa shape index (κ1) is 21.9. The molecule has 0 spiro atoms. The van der Waals surface area contributed by atoms with E-state index in [0.717, 1.165) is 29.9 Å². The zero-order chi connectivity index (χ0) is 21.4. The lowest BCUT2D eigenvalue weighted by Gasteiger charge is -2.56.